The van der Waals surface area contributed by atoms with E-state index < -0.39 is 0 Å². The van der Waals surface area contributed by atoms with E-state index in [1.807, 2.05) is 0 Å². The van der Waals surface area contributed by atoms with Crippen molar-refractivity contribution < 1.29 is 9.47 Å². The SMILES string of the molecule is COc1nc(Cl)c(N2CCN(C)CC2)c(OC)n1. The van der Waals surface area contributed by atoms with Crippen molar-refractivity contribution in [3.63, 3.8) is 0 Å². The molecule has 0 unspecified atom stereocenters. The molecule has 18 heavy (non-hydrogen) atoms. The second-order valence-electron chi connectivity index (χ2n) is 4.15. The second-order valence-corrected chi connectivity index (χ2v) is 4.51. The summed E-state index contributed by atoms with van der Waals surface area (Å²) in [6, 6.07) is 0.217. The molecular weight excluding hydrogens is 256 g/mol. The molecule has 1 fully saturated rings. The van der Waals surface area contributed by atoms with Crippen LogP contribution in [0.1, 0.15) is 0 Å². The molecule has 2 heterocycles. The smallest absolute Gasteiger partial charge is 0.321 e. The quantitative estimate of drug-likeness (QED) is 0.762. The molecule has 2 rings (SSSR count). The Labute approximate surface area is 111 Å². The van der Waals surface area contributed by atoms with Crippen LogP contribution in [0.2, 0.25) is 5.15 Å². The van der Waals surface area contributed by atoms with Crippen LogP contribution in [0.15, 0.2) is 0 Å². The molecule has 0 N–H and O–H groups in total. The molecular formula is C11H17ClN4O2. The molecule has 0 aromatic carbocycles. The van der Waals surface area contributed by atoms with Gasteiger partial charge in [-0.3, -0.25) is 0 Å². The topological polar surface area (TPSA) is 50.7 Å². The molecule has 0 aliphatic carbocycles. The van der Waals surface area contributed by atoms with Crippen LogP contribution in [-0.2, 0) is 0 Å². The van der Waals surface area contributed by atoms with Crippen molar-refractivity contribution >= 4 is 17.3 Å². The highest BCUT2D eigenvalue weighted by atomic mass is 35.5. The van der Waals surface area contributed by atoms with E-state index in [1.54, 1.807) is 7.11 Å². The number of nitrogens with zero attached hydrogens (tertiary/aromatic N) is 4. The van der Waals surface area contributed by atoms with Gasteiger partial charge in [0.05, 0.1) is 14.2 Å². The predicted octanol–water partition coefficient (Wildman–Crippen LogP) is 0.899. The van der Waals surface area contributed by atoms with Crippen molar-refractivity contribution in [3.8, 4) is 11.9 Å². The van der Waals surface area contributed by atoms with Gasteiger partial charge in [-0.15, -0.1) is 0 Å². The lowest BCUT2D eigenvalue weighted by Gasteiger charge is -2.34. The largest absolute Gasteiger partial charge is 0.479 e. The molecule has 1 aliphatic heterocycles. The number of anilines is 1. The number of methoxy groups -OCH3 is 2. The minimum absolute atomic E-state index is 0.217. The monoisotopic (exact) mass is 272 g/mol. The third-order valence-corrected chi connectivity index (χ3v) is 3.25. The van der Waals surface area contributed by atoms with Gasteiger partial charge in [-0.05, 0) is 7.05 Å². The van der Waals surface area contributed by atoms with Crippen LogP contribution in [0.5, 0.6) is 11.9 Å². The lowest BCUT2D eigenvalue weighted by atomic mass is 10.3. The Morgan fingerprint density at radius 1 is 1.06 bits per heavy atom. The summed E-state index contributed by atoms with van der Waals surface area (Å²) in [5, 5.41) is 0.364. The number of hydrogen-bond acceptors (Lipinski definition) is 6. The van der Waals surface area contributed by atoms with Crippen molar-refractivity contribution in [1.82, 2.24) is 14.9 Å². The molecule has 0 bridgehead atoms. The molecule has 6 nitrogen and oxygen atoms in total. The third kappa shape index (κ3) is 2.59. The number of piperazine rings is 1. The van der Waals surface area contributed by atoms with Gasteiger partial charge in [0.15, 0.2) is 5.15 Å². The van der Waals surface area contributed by atoms with E-state index >= 15 is 0 Å². The van der Waals surface area contributed by atoms with E-state index in [1.165, 1.54) is 7.11 Å². The predicted molar refractivity (Wildman–Crippen MR) is 69.9 cm³/mol. The van der Waals surface area contributed by atoms with Crippen LogP contribution >= 0.6 is 11.6 Å². The maximum absolute atomic E-state index is 6.20. The van der Waals surface area contributed by atoms with Crippen LogP contribution in [0, 0.1) is 0 Å². The number of rotatable bonds is 3. The number of ether oxygens (including phenoxy) is 2. The van der Waals surface area contributed by atoms with Crippen molar-refractivity contribution in [2.45, 2.75) is 0 Å². The third-order valence-electron chi connectivity index (χ3n) is 2.98. The Balaban J connectivity index is 2.31. The van der Waals surface area contributed by atoms with E-state index in [4.69, 9.17) is 21.1 Å². The van der Waals surface area contributed by atoms with Gasteiger partial charge in [-0.1, -0.05) is 11.6 Å². The van der Waals surface area contributed by atoms with Crippen LogP contribution in [0.3, 0.4) is 0 Å². The van der Waals surface area contributed by atoms with Crippen molar-refractivity contribution in [3.05, 3.63) is 5.15 Å². The van der Waals surface area contributed by atoms with Gasteiger partial charge < -0.3 is 19.3 Å². The molecule has 1 saturated heterocycles. The maximum atomic E-state index is 6.20. The fraction of sp³-hybridized carbons (Fsp3) is 0.636. The highest BCUT2D eigenvalue weighted by Gasteiger charge is 2.23. The van der Waals surface area contributed by atoms with Gasteiger partial charge in [0.2, 0.25) is 5.88 Å². The Bertz CT molecular complexity index is 422. The standard InChI is InChI=1S/C11H17ClN4O2/c1-15-4-6-16(7-5-15)8-9(12)13-11(18-3)14-10(8)17-2/h4-7H2,1-3H3. The number of likely N-dealkylation sites (N-methyl/N-ethyl adjacent to an activating group) is 1. The van der Waals surface area contributed by atoms with Crippen molar-refractivity contribution in [2.75, 3.05) is 52.3 Å². The molecule has 1 aromatic heterocycles. The summed E-state index contributed by atoms with van der Waals surface area (Å²) in [5.74, 6) is 0.455. The number of hydrogen-bond donors (Lipinski definition) is 0. The fourth-order valence-corrected chi connectivity index (χ4v) is 2.19. The van der Waals surface area contributed by atoms with E-state index in [0.717, 1.165) is 31.9 Å². The van der Waals surface area contributed by atoms with E-state index in [9.17, 15) is 0 Å². The summed E-state index contributed by atoms with van der Waals surface area (Å²) >= 11 is 6.20. The summed E-state index contributed by atoms with van der Waals surface area (Å²) < 4.78 is 10.3. The highest BCUT2D eigenvalue weighted by molar-refractivity contribution is 6.32. The molecule has 100 valence electrons. The summed E-state index contributed by atoms with van der Waals surface area (Å²) in [4.78, 5) is 12.7. The van der Waals surface area contributed by atoms with Crippen molar-refractivity contribution in [2.24, 2.45) is 0 Å². The van der Waals surface area contributed by atoms with Gasteiger partial charge in [0.25, 0.3) is 0 Å². The minimum Gasteiger partial charge on any atom is -0.479 e. The number of halogens is 1. The fourth-order valence-electron chi connectivity index (χ4n) is 1.92. The zero-order valence-electron chi connectivity index (χ0n) is 10.8. The first kappa shape index (κ1) is 13.2. The zero-order valence-corrected chi connectivity index (χ0v) is 11.6. The summed E-state index contributed by atoms with van der Waals surface area (Å²) in [6.45, 7) is 3.71. The van der Waals surface area contributed by atoms with Crippen molar-refractivity contribution in [1.29, 1.82) is 0 Å². The van der Waals surface area contributed by atoms with Gasteiger partial charge in [0.1, 0.15) is 5.69 Å². The normalized spacial score (nSPS) is 16.8. The van der Waals surface area contributed by atoms with Crippen LogP contribution in [-0.4, -0.2) is 62.3 Å². The van der Waals surface area contributed by atoms with Gasteiger partial charge in [-0.25, -0.2) is 0 Å². The van der Waals surface area contributed by atoms with Gasteiger partial charge >= 0.3 is 6.01 Å². The number of aromatic nitrogens is 2. The average molecular weight is 273 g/mol. The van der Waals surface area contributed by atoms with Crippen LogP contribution < -0.4 is 14.4 Å². The Hall–Kier alpha value is -1.27. The van der Waals surface area contributed by atoms with E-state index in [-0.39, 0.29) is 6.01 Å². The molecule has 0 atom stereocenters. The van der Waals surface area contributed by atoms with Crippen LogP contribution in [0.4, 0.5) is 5.69 Å². The summed E-state index contributed by atoms with van der Waals surface area (Å²) in [7, 11) is 5.17. The molecule has 1 aromatic rings. The second kappa shape index (κ2) is 5.58. The summed E-state index contributed by atoms with van der Waals surface area (Å²) in [5.41, 5.74) is 0.744. The minimum atomic E-state index is 0.217. The van der Waals surface area contributed by atoms with Crippen LogP contribution in [0.25, 0.3) is 0 Å². The average Bonchev–Trinajstić information content (AvgIpc) is 2.39. The summed E-state index contributed by atoms with van der Waals surface area (Å²) in [6.07, 6.45) is 0. The Morgan fingerprint density at radius 2 is 1.72 bits per heavy atom. The first-order valence-electron chi connectivity index (χ1n) is 5.74. The highest BCUT2D eigenvalue weighted by Crippen LogP contribution is 2.34. The lowest BCUT2D eigenvalue weighted by molar-refractivity contribution is 0.308. The molecule has 0 saturated carbocycles. The Morgan fingerprint density at radius 3 is 2.28 bits per heavy atom. The first-order chi connectivity index (χ1) is 8.65. The maximum Gasteiger partial charge on any atom is 0.321 e. The molecule has 0 amide bonds. The first-order valence-corrected chi connectivity index (χ1v) is 6.12. The molecule has 0 spiro atoms. The zero-order chi connectivity index (χ0) is 13.1. The van der Waals surface area contributed by atoms with E-state index in [0.29, 0.717) is 11.0 Å². The Kier molecular flexibility index (Phi) is 4.08. The van der Waals surface area contributed by atoms with Gasteiger partial charge in [-0.2, -0.15) is 9.97 Å². The molecule has 0 radical (unpaired) electrons. The molecule has 1 aliphatic rings. The lowest BCUT2D eigenvalue weighted by Crippen LogP contribution is -2.44. The van der Waals surface area contributed by atoms with E-state index in [2.05, 4.69) is 26.8 Å². The molecule has 7 heteroatoms. The van der Waals surface area contributed by atoms with Gasteiger partial charge in [0, 0.05) is 26.2 Å².